The summed E-state index contributed by atoms with van der Waals surface area (Å²) in [4.78, 5) is 3.98. The zero-order chi connectivity index (χ0) is 7.84. The molecule has 0 fully saturated rings. The van der Waals surface area contributed by atoms with Crippen LogP contribution >= 0.6 is 11.6 Å². The number of nitrogen functional groups attached to an aromatic ring is 1. The van der Waals surface area contributed by atoms with Crippen LogP contribution < -0.4 is 5.73 Å². The second kappa shape index (κ2) is 2.10. The molecule has 0 atom stereocenters. The van der Waals surface area contributed by atoms with E-state index in [1.54, 1.807) is 12.4 Å². The molecule has 2 rings (SSSR count). The lowest BCUT2D eigenvalue weighted by atomic mass is 10.5. The number of hydrogen-bond acceptors (Lipinski definition) is 3. The van der Waals surface area contributed by atoms with Gasteiger partial charge in [-0.25, -0.2) is 9.50 Å². The molecule has 0 spiro atoms. The molecule has 2 heterocycles. The molecular weight excluding hydrogens is 164 g/mol. The molecule has 56 valence electrons. The molecule has 0 amide bonds. The Kier molecular flexibility index (Phi) is 1.22. The predicted octanol–water partition coefficient (Wildman–Crippen LogP) is 0.965. The van der Waals surface area contributed by atoms with Gasteiger partial charge in [-0.2, -0.15) is 5.10 Å². The minimum Gasteiger partial charge on any atom is -0.396 e. The summed E-state index contributed by atoms with van der Waals surface area (Å²) in [5.41, 5.74) is 6.66. The molecule has 2 aromatic rings. The SMILES string of the molecule is Nc1cnc2c(Cl)cnn2c1. The molecule has 11 heavy (non-hydrogen) atoms. The summed E-state index contributed by atoms with van der Waals surface area (Å²) in [5.74, 6) is 0. The number of fused-ring (bicyclic) bond motifs is 1. The number of anilines is 1. The van der Waals surface area contributed by atoms with Gasteiger partial charge >= 0.3 is 0 Å². The molecule has 0 saturated carbocycles. The average molecular weight is 169 g/mol. The monoisotopic (exact) mass is 168 g/mol. The topological polar surface area (TPSA) is 56.2 Å². The maximum atomic E-state index is 5.74. The quantitative estimate of drug-likeness (QED) is 0.638. The zero-order valence-corrected chi connectivity index (χ0v) is 6.28. The highest BCUT2D eigenvalue weighted by Crippen LogP contribution is 2.14. The Bertz CT molecular complexity index is 394. The van der Waals surface area contributed by atoms with Crippen LogP contribution in [0.2, 0.25) is 5.02 Å². The van der Waals surface area contributed by atoms with E-state index in [1.807, 2.05) is 0 Å². The van der Waals surface area contributed by atoms with E-state index < -0.39 is 0 Å². The molecular formula is C6H5ClN4. The molecule has 0 radical (unpaired) electrons. The summed E-state index contributed by atoms with van der Waals surface area (Å²) in [6, 6.07) is 0. The Morgan fingerprint density at radius 3 is 3.09 bits per heavy atom. The molecule has 2 N–H and O–H groups in total. The van der Waals surface area contributed by atoms with Crippen molar-refractivity contribution in [3.05, 3.63) is 23.6 Å². The maximum Gasteiger partial charge on any atom is 0.173 e. The fourth-order valence-corrected chi connectivity index (χ4v) is 1.04. The van der Waals surface area contributed by atoms with Gasteiger partial charge in [-0.1, -0.05) is 11.6 Å². The van der Waals surface area contributed by atoms with Crippen molar-refractivity contribution in [2.75, 3.05) is 5.73 Å². The van der Waals surface area contributed by atoms with Crippen LogP contribution in [0.3, 0.4) is 0 Å². The van der Waals surface area contributed by atoms with Gasteiger partial charge in [0.2, 0.25) is 0 Å². The molecule has 0 aliphatic carbocycles. The average Bonchev–Trinajstić information content (AvgIpc) is 2.32. The smallest absolute Gasteiger partial charge is 0.173 e. The first-order valence-electron chi connectivity index (χ1n) is 3.02. The van der Waals surface area contributed by atoms with Crippen molar-refractivity contribution >= 4 is 22.9 Å². The Labute approximate surface area is 67.6 Å². The Hall–Kier alpha value is -1.29. The van der Waals surface area contributed by atoms with Gasteiger partial charge in [0, 0.05) is 0 Å². The van der Waals surface area contributed by atoms with Gasteiger partial charge in [-0.05, 0) is 0 Å². The van der Waals surface area contributed by atoms with Crippen LogP contribution in [0.25, 0.3) is 5.65 Å². The molecule has 0 aromatic carbocycles. The van der Waals surface area contributed by atoms with Crippen LogP contribution in [0.15, 0.2) is 18.6 Å². The van der Waals surface area contributed by atoms with Crippen LogP contribution in [0.4, 0.5) is 5.69 Å². The van der Waals surface area contributed by atoms with E-state index in [0.717, 1.165) is 0 Å². The first kappa shape index (κ1) is 6.42. The minimum atomic E-state index is 0.532. The third-order valence-corrected chi connectivity index (χ3v) is 1.60. The molecule has 0 aliphatic heterocycles. The van der Waals surface area contributed by atoms with Gasteiger partial charge in [0.15, 0.2) is 5.65 Å². The third-order valence-electron chi connectivity index (χ3n) is 1.33. The highest BCUT2D eigenvalue weighted by molar-refractivity contribution is 6.33. The number of nitrogens with two attached hydrogens (primary N) is 1. The van der Waals surface area contributed by atoms with E-state index in [9.17, 15) is 0 Å². The van der Waals surface area contributed by atoms with E-state index in [0.29, 0.717) is 16.4 Å². The van der Waals surface area contributed by atoms with Crippen LogP contribution in [-0.4, -0.2) is 14.6 Å². The third kappa shape index (κ3) is 0.914. The highest BCUT2D eigenvalue weighted by atomic mass is 35.5. The van der Waals surface area contributed by atoms with Crippen LogP contribution in [0, 0.1) is 0 Å². The van der Waals surface area contributed by atoms with Crippen molar-refractivity contribution in [2.24, 2.45) is 0 Å². The number of nitrogens with zero attached hydrogens (tertiary/aromatic N) is 3. The molecule has 5 heteroatoms. The summed E-state index contributed by atoms with van der Waals surface area (Å²) in [5, 5.41) is 4.45. The number of rotatable bonds is 0. The van der Waals surface area contributed by atoms with Crippen molar-refractivity contribution in [1.82, 2.24) is 14.6 Å². The van der Waals surface area contributed by atoms with E-state index in [2.05, 4.69) is 10.1 Å². The van der Waals surface area contributed by atoms with Gasteiger partial charge in [0.05, 0.1) is 24.3 Å². The van der Waals surface area contributed by atoms with Crippen LogP contribution in [0.1, 0.15) is 0 Å². The fourth-order valence-electron chi connectivity index (χ4n) is 0.860. The summed E-state index contributed by atoms with van der Waals surface area (Å²) in [6.07, 6.45) is 4.74. The van der Waals surface area contributed by atoms with E-state index in [1.165, 1.54) is 10.7 Å². The second-order valence-corrected chi connectivity index (χ2v) is 2.56. The fraction of sp³-hybridized carbons (Fsp3) is 0. The zero-order valence-electron chi connectivity index (χ0n) is 5.53. The maximum absolute atomic E-state index is 5.74. The largest absolute Gasteiger partial charge is 0.396 e. The summed E-state index contributed by atoms with van der Waals surface area (Å²) >= 11 is 5.74. The van der Waals surface area contributed by atoms with Gasteiger partial charge in [0.25, 0.3) is 0 Å². The molecule has 0 saturated heterocycles. The van der Waals surface area contributed by atoms with Crippen molar-refractivity contribution in [3.8, 4) is 0 Å². The first-order chi connectivity index (χ1) is 5.27. The molecule has 4 nitrogen and oxygen atoms in total. The summed E-state index contributed by atoms with van der Waals surface area (Å²) < 4.78 is 1.54. The Morgan fingerprint density at radius 2 is 2.27 bits per heavy atom. The first-order valence-corrected chi connectivity index (χ1v) is 3.39. The minimum absolute atomic E-state index is 0.532. The standard InChI is InChI=1S/C6H5ClN4/c7-5-2-10-11-3-4(8)1-9-6(5)11/h1-3H,8H2. The van der Waals surface area contributed by atoms with Gasteiger partial charge in [-0.3, -0.25) is 0 Å². The molecule has 0 aliphatic rings. The lowest BCUT2D eigenvalue weighted by molar-refractivity contribution is 0.942. The van der Waals surface area contributed by atoms with Crippen molar-refractivity contribution in [3.63, 3.8) is 0 Å². The van der Waals surface area contributed by atoms with Crippen molar-refractivity contribution < 1.29 is 0 Å². The lowest BCUT2D eigenvalue weighted by Gasteiger charge is -1.93. The predicted molar refractivity (Wildman–Crippen MR) is 42.4 cm³/mol. The van der Waals surface area contributed by atoms with Crippen molar-refractivity contribution in [1.29, 1.82) is 0 Å². The van der Waals surface area contributed by atoms with E-state index in [4.69, 9.17) is 17.3 Å². The number of hydrogen-bond donors (Lipinski definition) is 1. The second-order valence-electron chi connectivity index (χ2n) is 2.15. The summed E-state index contributed by atoms with van der Waals surface area (Å²) in [7, 11) is 0. The van der Waals surface area contributed by atoms with Gasteiger partial charge in [0.1, 0.15) is 5.02 Å². The van der Waals surface area contributed by atoms with Crippen LogP contribution in [-0.2, 0) is 0 Å². The number of halogens is 1. The summed E-state index contributed by atoms with van der Waals surface area (Å²) in [6.45, 7) is 0. The lowest BCUT2D eigenvalue weighted by Crippen LogP contribution is -1.93. The normalized spacial score (nSPS) is 10.6. The Balaban J connectivity index is 2.86. The van der Waals surface area contributed by atoms with Gasteiger partial charge in [-0.15, -0.1) is 0 Å². The molecule has 2 aromatic heterocycles. The van der Waals surface area contributed by atoms with Gasteiger partial charge < -0.3 is 5.73 Å². The van der Waals surface area contributed by atoms with Crippen LogP contribution in [0.5, 0.6) is 0 Å². The Morgan fingerprint density at radius 1 is 1.45 bits per heavy atom. The highest BCUT2D eigenvalue weighted by Gasteiger charge is 2.00. The van der Waals surface area contributed by atoms with Crippen molar-refractivity contribution in [2.45, 2.75) is 0 Å². The van der Waals surface area contributed by atoms with E-state index >= 15 is 0 Å². The van der Waals surface area contributed by atoms with E-state index in [-0.39, 0.29) is 0 Å². The number of aromatic nitrogens is 3. The molecule has 0 unspecified atom stereocenters. The molecule has 0 bridgehead atoms.